The molecule has 0 saturated carbocycles. The molecule has 1 aliphatic heterocycles. The summed E-state index contributed by atoms with van der Waals surface area (Å²) >= 11 is 6.16. The van der Waals surface area contributed by atoms with Crippen molar-refractivity contribution in [2.24, 2.45) is 5.92 Å². The molecule has 2 atom stereocenters. The molecule has 2 aliphatic rings. The summed E-state index contributed by atoms with van der Waals surface area (Å²) in [4.78, 5) is 14.3. The maximum absolute atomic E-state index is 13.4. The van der Waals surface area contributed by atoms with E-state index in [0.717, 1.165) is 35.0 Å². The third-order valence-electron chi connectivity index (χ3n) is 6.24. The van der Waals surface area contributed by atoms with E-state index in [1.807, 2.05) is 12.2 Å². The van der Waals surface area contributed by atoms with Crippen molar-refractivity contribution in [1.82, 2.24) is 19.9 Å². The highest BCUT2D eigenvalue weighted by atomic mass is 35.5. The Labute approximate surface area is 194 Å². The van der Waals surface area contributed by atoms with Crippen LogP contribution in [0.15, 0.2) is 30.4 Å². The largest absolute Gasteiger partial charge is 0.451 e. The van der Waals surface area contributed by atoms with Crippen LogP contribution in [0.1, 0.15) is 48.2 Å². The Kier molecular flexibility index (Phi) is 5.50. The third-order valence-corrected chi connectivity index (χ3v) is 6.47. The van der Waals surface area contributed by atoms with Crippen molar-refractivity contribution in [2.45, 2.75) is 44.1 Å². The summed E-state index contributed by atoms with van der Waals surface area (Å²) in [7, 11) is 0. The number of aromatic amines is 1. The number of benzene rings is 1. The van der Waals surface area contributed by atoms with Crippen molar-refractivity contribution in [1.29, 1.82) is 0 Å². The number of fused-ring (bicyclic) bond motifs is 3. The molecule has 1 aliphatic carbocycles. The van der Waals surface area contributed by atoms with Crippen LogP contribution < -0.4 is 4.90 Å². The first kappa shape index (κ1) is 22.9. The first-order valence-electron chi connectivity index (χ1n) is 10.6. The number of rotatable bonds is 3. The molecule has 5 nitrogen and oxygen atoms in total. The average Bonchev–Trinajstić information content (AvgIpc) is 3.40. The lowest BCUT2D eigenvalue weighted by molar-refractivity contribution is -0.155. The highest BCUT2D eigenvalue weighted by Crippen LogP contribution is 2.42. The van der Waals surface area contributed by atoms with Crippen LogP contribution in [0.2, 0.25) is 5.02 Å². The van der Waals surface area contributed by atoms with E-state index in [-0.39, 0.29) is 12.5 Å². The average molecular weight is 502 g/mol. The zero-order chi connectivity index (χ0) is 24.3. The molecule has 12 heteroatoms. The number of alkyl halides is 6. The molecule has 0 spiro atoms. The molecule has 1 aromatic carbocycles. The van der Waals surface area contributed by atoms with Gasteiger partial charge in [0.25, 0.3) is 0 Å². The van der Waals surface area contributed by atoms with Crippen LogP contribution in [0, 0.1) is 5.92 Å². The number of halogens is 7. The van der Waals surface area contributed by atoms with E-state index in [1.54, 1.807) is 18.2 Å². The van der Waals surface area contributed by atoms with Gasteiger partial charge in [-0.15, -0.1) is 0 Å². The van der Waals surface area contributed by atoms with E-state index in [2.05, 4.69) is 19.9 Å². The number of hydrogen-bond acceptors (Lipinski definition) is 4. The maximum atomic E-state index is 13.4. The van der Waals surface area contributed by atoms with Crippen molar-refractivity contribution in [2.75, 3.05) is 11.4 Å². The van der Waals surface area contributed by atoms with Crippen molar-refractivity contribution in [3.05, 3.63) is 58.3 Å². The normalized spacial score (nSPS) is 20.9. The van der Waals surface area contributed by atoms with Gasteiger partial charge in [-0.3, -0.25) is 0 Å². The predicted molar refractivity (Wildman–Crippen MR) is 113 cm³/mol. The second kappa shape index (κ2) is 8.14. The predicted octanol–water partition coefficient (Wildman–Crippen LogP) is 6.50. The Morgan fingerprint density at radius 3 is 2.35 bits per heavy atom. The quantitative estimate of drug-likeness (QED) is 0.328. The summed E-state index contributed by atoms with van der Waals surface area (Å²) in [5, 5.41) is 1.42. The minimum absolute atomic E-state index is 0.125. The van der Waals surface area contributed by atoms with Gasteiger partial charge in [0, 0.05) is 28.2 Å². The minimum Gasteiger partial charge on any atom is -0.356 e. The summed E-state index contributed by atoms with van der Waals surface area (Å²) in [6.07, 6.45) is -3.67. The lowest BCUT2D eigenvalue weighted by Crippen LogP contribution is -2.38. The lowest BCUT2D eigenvalue weighted by Gasteiger charge is -2.37. The van der Waals surface area contributed by atoms with Crippen molar-refractivity contribution >= 4 is 28.5 Å². The summed E-state index contributed by atoms with van der Waals surface area (Å²) in [5.41, 5.74) is 2.47. The molecular formula is C22H18ClF6N5. The van der Waals surface area contributed by atoms with Crippen LogP contribution in [0.25, 0.3) is 10.9 Å². The zero-order valence-corrected chi connectivity index (χ0v) is 18.3. The van der Waals surface area contributed by atoms with Gasteiger partial charge in [0.1, 0.15) is 0 Å². The number of anilines is 1. The fraction of sp³-hybridized carbons (Fsp3) is 0.409. The first-order chi connectivity index (χ1) is 16.0. The Morgan fingerprint density at radius 1 is 1.03 bits per heavy atom. The molecule has 3 aromatic rings. The molecular weight excluding hydrogens is 484 g/mol. The van der Waals surface area contributed by atoms with Gasteiger partial charge in [0.05, 0.1) is 6.04 Å². The van der Waals surface area contributed by atoms with Crippen molar-refractivity contribution in [3.8, 4) is 0 Å². The van der Waals surface area contributed by atoms with E-state index in [9.17, 15) is 26.3 Å². The molecule has 0 fully saturated rings. The summed E-state index contributed by atoms with van der Waals surface area (Å²) in [5.74, 6) is -4.24. The van der Waals surface area contributed by atoms with Crippen LogP contribution in [-0.4, -0.2) is 26.5 Å². The lowest BCUT2D eigenvalue weighted by atomic mass is 9.90. The fourth-order valence-electron chi connectivity index (χ4n) is 4.75. The summed E-state index contributed by atoms with van der Waals surface area (Å²) in [6, 6.07) is 4.78. The van der Waals surface area contributed by atoms with Gasteiger partial charge in [0.15, 0.2) is 0 Å². The summed E-state index contributed by atoms with van der Waals surface area (Å²) in [6.45, 7) is 0.145. The number of aromatic nitrogens is 4. The minimum atomic E-state index is -5.15. The number of allylic oxidation sites excluding steroid dienone is 2. The third kappa shape index (κ3) is 4.21. The number of nitrogens with one attached hydrogen (secondary N) is 1. The smallest absolute Gasteiger partial charge is 0.356 e. The van der Waals surface area contributed by atoms with E-state index in [0.29, 0.717) is 17.9 Å². The molecule has 0 amide bonds. The maximum Gasteiger partial charge on any atom is 0.451 e. The molecule has 34 heavy (non-hydrogen) atoms. The number of nitrogens with zero attached hydrogens (tertiary/aromatic N) is 4. The van der Waals surface area contributed by atoms with Crippen LogP contribution in [0.5, 0.6) is 0 Å². The van der Waals surface area contributed by atoms with Gasteiger partial charge in [-0.2, -0.15) is 36.3 Å². The molecule has 2 aromatic heterocycles. The van der Waals surface area contributed by atoms with Crippen molar-refractivity contribution in [3.63, 3.8) is 0 Å². The number of H-pyrrole nitrogens is 1. The van der Waals surface area contributed by atoms with Gasteiger partial charge < -0.3 is 9.88 Å². The Bertz CT molecular complexity index is 1230. The van der Waals surface area contributed by atoms with E-state index in [4.69, 9.17) is 11.6 Å². The molecule has 5 rings (SSSR count). The van der Waals surface area contributed by atoms with Gasteiger partial charge in [0.2, 0.25) is 17.6 Å². The van der Waals surface area contributed by atoms with Crippen LogP contribution in [0.4, 0.5) is 32.3 Å². The van der Waals surface area contributed by atoms with Gasteiger partial charge in [-0.25, -0.2) is 4.98 Å². The summed E-state index contributed by atoms with van der Waals surface area (Å²) < 4.78 is 80.3. The molecule has 0 bridgehead atoms. The van der Waals surface area contributed by atoms with E-state index >= 15 is 0 Å². The molecule has 0 saturated heterocycles. The standard InChI is InChI=1S/C22H18ClF6N5/c23-12-5-6-15-14(10-12)13-7-8-34(16(17(13)30-15)9-11-3-1-2-4-11)20-32-18(21(24,25)26)31-19(33-20)22(27,28)29/h1,3,5-6,10-11,16,30H,2,4,7-9H2/t11?,16-/m0/s1. The van der Waals surface area contributed by atoms with Crippen molar-refractivity contribution < 1.29 is 26.3 Å². The SMILES string of the molecule is FC(F)(F)c1nc(N2CCc3c([nH]c4ccc(Cl)cc34)[C@@H]2CC2C=CCC2)nc(C(F)(F)F)n1. The van der Waals surface area contributed by atoms with E-state index in [1.165, 1.54) is 4.90 Å². The van der Waals surface area contributed by atoms with Gasteiger partial charge >= 0.3 is 12.4 Å². The Morgan fingerprint density at radius 2 is 1.74 bits per heavy atom. The zero-order valence-electron chi connectivity index (χ0n) is 17.5. The first-order valence-corrected chi connectivity index (χ1v) is 11.0. The van der Waals surface area contributed by atoms with Gasteiger partial charge in [-0.1, -0.05) is 23.8 Å². The topological polar surface area (TPSA) is 57.7 Å². The Balaban J connectivity index is 1.64. The van der Waals surface area contributed by atoms with Crippen LogP contribution >= 0.6 is 11.6 Å². The monoisotopic (exact) mass is 501 g/mol. The Hall–Kier alpha value is -2.82. The van der Waals surface area contributed by atoms with Crippen LogP contribution in [-0.2, 0) is 18.8 Å². The molecule has 0 radical (unpaired) electrons. The molecule has 1 N–H and O–H groups in total. The highest BCUT2D eigenvalue weighted by molar-refractivity contribution is 6.31. The molecule has 180 valence electrons. The fourth-order valence-corrected chi connectivity index (χ4v) is 4.92. The number of hydrogen-bond donors (Lipinski definition) is 1. The highest BCUT2D eigenvalue weighted by Gasteiger charge is 2.43. The molecule has 1 unspecified atom stereocenters. The second-order valence-electron chi connectivity index (χ2n) is 8.45. The second-order valence-corrected chi connectivity index (χ2v) is 8.88. The van der Waals surface area contributed by atoms with Crippen LogP contribution in [0.3, 0.4) is 0 Å². The van der Waals surface area contributed by atoms with Gasteiger partial charge in [-0.05, 0) is 55.4 Å². The molecule has 3 heterocycles. The van der Waals surface area contributed by atoms with E-state index < -0.39 is 36.0 Å².